The van der Waals surface area contributed by atoms with Crippen LogP contribution in [0.5, 0.6) is 0 Å². The standard InChI is InChI=1S/C19H11N3S/c1-2-5-13-12(4-1)9-11-21-17(13)14-7-8-16-19(22-14)18-15(23-16)6-3-10-20-18/h1-11H. The minimum Gasteiger partial charge on any atom is -0.254 e. The maximum absolute atomic E-state index is 4.87. The Morgan fingerprint density at radius 2 is 1.61 bits per heavy atom. The number of rotatable bonds is 1. The highest BCUT2D eigenvalue weighted by atomic mass is 32.1. The van der Waals surface area contributed by atoms with Crippen LogP contribution in [-0.2, 0) is 0 Å². The third-order valence-electron chi connectivity index (χ3n) is 3.99. The van der Waals surface area contributed by atoms with E-state index < -0.39 is 0 Å². The number of pyridine rings is 3. The van der Waals surface area contributed by atoms with Crippen LogP contribution < -0.4 is 0 Å². The van der Waals surface area contributed by atoms with Gasteiger partial charge in [-0.25, -0.2) is 4.98 Å². The zero-order chi connectivity index (χ0) is 15.2. The highest BCUT2D eigenvalue weighted by Crippen LogP contribution is 2.33. The molecular weight excluding hydrogens is 302 g/mol. The Balaban J connectivity index is 1.84. The van der Waals surface area contributed by atoms with Gasteiger partial charge in [-0.1, -0.05) is 24.3 Å². The zero-order valence-electron chi connectivity index (χ0n) is 12.1. The first kappa shape index (κ1) is 12.7. The van der Waals surface area contributed by atoms with E-state index in [1.165, 1.54) is 5.39 Å². The molecule has 0 amide bonds. The van der Waals surface area contributed by atoms with Gasteiger partial charge in [0.25, 0.3) is 0 Å². The van der Waals surface area contributed by atoms with Gasteiger partial charge in [0.05, 0.1) is 20.8 Å². The van der Waals surface area contributed by atoms with Crippen molar-refractivity contribution in [1.29, 1.82) is 0 Å². The van der Waals surface area contributed by atoms with Crippen molar-refractivity contribution in [3.8, 4) is 11.4 Å². The van der Waals surface area contributed by atoms with E-state index in [9.17, 15) is 0 Å². The second kappa shape index (κ2) is 4.83. The van der Waals surface area contributed by atoms with Crippen molar-refractivity contribution in [3.05, 3.63) is 67.0 Å². The average Bonchev–Trinajstić information content (AvgIpc) is 2.99. The first-order chi connectivity index (χ1) is 11.4. The third kappa shape index (κ3) is 1.92. The number of hydrogen-bond donors (Lipinski definition) is 0. The van der Waals surface area contributed by atoms with Crippen LogP contribution in [0, 0.1) is 0 Å². The van der Waals surface area contributed by atoms with Crippen molar-refractivity contribution in [2.75, 3.05) is 0 Å². The SMILES string of the molecule is c1ccc2c(-c3ccc4sc5cccnc5c4n3)nccc2c1. The zero-order valence-corrected chi connectivity index (χ0v) is 12.9. The van der Waals surface area contributed by atoms with Gasteiger partial charge in [0.15, 0.2) is 0 Å². The van der Waals surface area contributed by atoms with Gasteiger partial charge >= 0.3 is 0 Å². The summed E-state index contributed by atoms with van der Waals surface area (Å²) >= 11 is 1.72. The molecule has 0 bridgehead atoms. The van der Waals surface area contributed by atoms with Crippen LogP contribution in [0.1, 0.15) is 0 Å². The quantitative estimate of drug-likeness (QED) is 0.434. The van der Waals surface area contributed by atoms with E-state index in [2.05, 4.69) is 34.2 Å². The third-order valence-corrected chi connectivity index (χ3v) is 5.09. The molecule has 4 heteroatoms. The van der Waals surface area contributed by atoms with E-state index in [-0.39, 0.29) is 0 Å². The summed E-state index contributed by atoms with van der Waals surface area (Å²) < 4.78 is 2.32. The number of fused-ring (bicyclic) bond motifs is 4. The molecule has 0 saturated heterocycles. The Morgan fingerprint density at radius 3 is 2.61 bits per heavy atom. The molecule has 4 aromatic heterocycles. The summed E-state index contributed by atoms with van der Waals surface area (Å²) in [7, 11) is 0. The molecule has 0 aliphatic carbocycles. The van der Waals surface area contributed by atoms with Gasteiger partial charge in [-0.15, -0.1) is 11.3 Å². The van der Waals surface area contributed by atoms with Gasteiger partial charge in [-0.2, -0.15) is 0 Å². The molecule has 0 fully saturated rings. The lowest BCUT2D eigenvalue weighted by atomic mass is 10.1. The van der Waals surface area contributed by atoms with Crippen molar-refractivity contribution < 1.29 is 0 Å². The minimum absolute atomic E-state index is 0.889. The fraction of sp³-hybridized carbons (Fsp3) is 0. The maximum Gasteiger partial charge on any atom is 0.108 e. The molecule has 5 rings (SSSR count). The number of benzene rings is 1. The van der Waals surface area contributed by atoms with E-state index in [1.807, 2.05) is 42.7 Å². The van der Waals surface area contributed by atoms with E-state index in [0.717, 1.165) is 37.2 Å². The Hall–Kier alpha value is -2.85. The summed E-state index contributed by atoms with van der Waals surface area (Å²) in [6, 6.07) is 18.5. The Bertz CT molecular complexity index is 1170. The summed E-state index contributed by atoms with van der Waals surface area (Å²) in [5.41, 5.74) is 3.73. The average molecular weight is 313 g/mol. The summed E-state index contributed by atoms with van der Waals surface area (Å²) in [5, 5.41) is 2.29. The van der Waals surface area contributed by atoms with Crippen molar-refractivity contribution in [2.24, 2.45) is 0 Å². The van der Waals surface area contributed by atoms with Crippen molar-refractivity contribution in [2.45, 2.75) is 0 Å². The molecule has 3 nitrogen and oxygen atoms in total. The number of thiophene rings is 1. The molecule has 4 heterocycles. The molecule has 0 N–H and O–H groups in total. The molecule has 0 saturated carbocycles. The molecule has 0 atom stereocenters. The summed E-state index contributed by atoms with van der Waals surface area (Å²) in [5.74, 6) is 0. The molecule has 0 aliphatic rings. The van der Waals surface area contributed by atoms with E-state index in [0.29, 0.717) is 0 Å². The molecule has 1 aromatic carbocycles. The molecule has 0 radical (unpaired) electrons. The second-order valence-electron chi connectivity index (χ2n) is 5.38. The normalized spacial score (nSPS) is 11.5. The first-order valence-electron chi connectivity index (χ1n) is 7.38. The lowest BCUT2D eigenvalue weighted by molar-refractivity contribution is 1.30. The van der Waals surface area contributed by atoms with Crippen molar-refractivity contribution >= 4 is 42.5 Å². The molecule has 0 spiro atoms. The Morgan fingerprint density at radius 1 is 0.696 bits per heavy atom. The fourth-order valence-electron chi connectivity index (χ4n) is 2.92. The predicted octanol–water partition coefficient (Wildman–Crippen LogP) is 5.06. The monoisotopic (exact) mass is 313 g/mol. The van der Waals surface area contributed by atoms with E-state index in [1.54, 1.807) is 11.3 Å². The highest BCUT2D eigenvalue weighted by Gasteiger charge is 2.11. The maximum atomic E-state index is 4.87. The van der Waals surface area contributed by atoms with Gasteiger partial charge in [-0.05, 0) is 35.7 Å². The lowest BCUT2D eigenvalue weighted by Gasteiger charge is -2.05. The van der Waals surface area contributed by atoms with Gasteiger partial charge in [0.2, 0.25) is 0 Å². The minimum atomic E-state index is 0.889. The molecule has 5 aromatic rings. The first-order valence-corrected chi connectivity index (χ1v) is 8.20. The summed E-state index contributed by atoms with van der Waals surface area (Å²) in [6.45, 7) is 0. The molecular formula is C19H11N3S. The number of hydrogen-bond acceptors (Lipinski definition) is 4. The van der Waals surface area contributed by atoms with Gasteiger partial charge in [-0.3, -0.25) is 9.97 Å². The van der Waals surface area contributed by atoms with E-state index >= 15 is 0 Å². The van der Waals surface area contributed by atoms with Gasteiger partial charge < -0.3 is 0 Å². The largest absolute Gasteiger partial charge is 0.254 e. The van der Waals surface area contributed by atoms with Crippen LogP contribution in [0.2, 0.25) is 0 Å². The van der Waals surface area contributed by atoms with Crippen LogP contribution in [0.3, 0.4) is 0 Å². The molecule has 23 heavy (non-hydrogen) atoms. The van der Waals surface area contributed by atoms with E-state index in [4.69, 9.17) is 4.98 Å². The van der Waals surface area contributed by atoms with Crippen LogP contribution >= 0.6 is 11.3 Å². The predicted molar refractivity (Wildman–Crippen MR) is 95.7 cm³/mol. The smallest absolute Gasteiger partial charge is 0.108 e. The fourth-order valence-corrected chi connectivity index (χ4v) is 3.93. The lowest BCUT2D eigenvalue weighted by Crippen LogP contribution is -1.89. The van der Waals surface area contributed by atoms with Crippen LogP contribution in [0.15, 0.2) is 67.0 Å². The number of aromatic nitrogens is 3. The molecule has 108 valence electrons. The van der Waals surface area contributed by atoms with Crippen LogP contribution in [0.4, 0.5) is 0 Å². The topological polar surface area (TPSA) is 38.7 Å². The van der Waals surface area contributed by atoms with Crippen molar-refractivity contribution in [3.63, 3.8) is 0 Å². The highest BCUT2D eigenvalue weighted by molar-refractivity contribution is 7.25. The Labute approximate surface area is 136 Å². The van der Waals surface area contributed by atoms with Gasteiger partial charge in [0, 0.05) is 17.8 Å². The Kier molecular flexibility index (Phi) is 2.66. The van der Waals surface area contributed by atoms with Gasteiger partial charge in [0.1, 0.15) is 11.0 Å². The molecule has 0 aliphatic heterocycles. The second-order valence-corrected chi connectivity index (χ2v) is 6.46. The molecule has 0 unspecified atom stereocenters. The van der Waals surface area contributed by atoms with Crippen LogP contribution in [-0.4, -0.2) is 15.0 Å². The number of nitrogens with zero attached hydrogens (tertiary/aromatic N) is 3. The summed E-state index contributed by atoms with van der Waals surface area (Å²) in [4.78, 5) is 13.9. The van der Waals surface area contributed by atoms with Crippen LogP contribution in [0.25, 0.3) is 42.6 Å². The summed E-state index contributed by atoms with van der Waals surface area (Å²) in [6.07, 6.45) is 3.66. The van der Waals surface area contributed by atoms with Crippen molar-refractivity contribution in [1.82, 2.24) is 15.0 Å².